The van der Waals surface area contributed by atoms with Gasteiger partial charge in [-0.2, -0.15) is 0 Å². The lowest BCUT2D eigenvalue weighted by atomic mass is 10.1. The highest BCUT2D eigenvalue weighted by molar-refractivity contribution is 5.77. The summed E-state index contributed by atoms with van der Waals surface area (Å²) in [5.74, 6) is -0.414. The molecule has 1 aromatic rings. The van der Waals surface area contributed by atoms with Gasteiger partial charge in [0.05, 0.1) is 13.2 Å². The van der Waals surface area contributed by atoms with Gasteiger partial charge in [-0.25, -0.2) is 4.39 Å². The van der Waals surface area contributed by atoms with E-state index in [0.29, 0.717) is 26.2 Å². The molecule has 4 nitrogen and oxygen atoms in total. The lowest BCUT2D eigenvalue weighted by molar-refractivity contribution is -0.126. The summed E-state index contributed by atoms with van der Waals surface area (Å²) in [6, 6.07) is 6.23. The zero-order valence-electron chi connectivity index (χ0n) is 10.4. The summed E-state index contributed by atoms with van der Waals surface area (Å²) >= 11 is 0. The predicted molar refractivity (Wildman–Crippen MR) is 65.8 cm³/mol. The van der Waals surface area contributed by atoms with Gasteiger partial charge in [0, 0.05) is 13.7 Å². The first-order valence-corrected chi connectivity index (χ1v) is 5.80. The largest absolute Gasteiger partial charge is 0.382 e. The molecule has 1 rings (SSSR count). The van der Waals surface area contributed by atoms with Gasteiger partial charge in [0.25, 0.3) is 0 Å². The molecule has 1 amide bonds. The Morgan fingerprint density at radius 2 is 2.00 bits per heavy atom. The van der Waals surface area contributed by atoms with Crippen LogP contribution in [0.15, 0.2) is 24.3 Å². The molecule has 0 spiro atoms. The molecule has 18 heavy (non-hydrogen) atoms. The van der Waals surface area contributed by atoms with Gasteiger partial charge < -0.3 is 14.8 Å². The van der Waals surface area contributed by atoms with Crippen molar-refractivity contribution in [2.45, 2.75) is 6.42 Å². The zero-order valence-corrected chi connectivity index (χ0v) is 10.4. The van der Waals surface area contributed by atoms with E-state index in [1.807, 2.05) is 0 Å². The van der Waals surface area contributed by atoms with Gasteiger partial charge in [-0.1, -0.05) is 12.1 Å². The Morgan fingerprint density at radius 1 is 1.28 bits per heavy atom. The first-order chi connectivity index (χ1) is 8.72. The number of hydrogen-bond acceptors (Lipinski definition) is 3. The van der Waals surface area contributed by atoms with E-state index < -0.39 is 0 Å². The molecule has 1 N–H and O–H groups in total. The van der Waals surface area contributed by atoms with Crippen LogP contribution in [0.5, 0.6) is 0 Å². The van der Waals surface area contributed by atoms with Crippen molar-refractivity contribution in [2.24, 2.45) is 0 Å². The van der Waals surface area contributed by atoms with Crippen molar-refractivity contribution in [1.82, 2.24) is 5.32 Å². The smallest absolute Gasteiger partial charge is 0.246 e. The van der Waals surface area contributed by atoms with Crippen LogP contribution in [0.25, 0.3) is 0 Å². The number of halogens is 1. The molecule has 0 saturated carbocycles. The number of methoxy groups -OCH3 is 1. The highest BCUT2D eigenvalue weighted by atomic mass is 19.1. The van der Waals surface area contributed by atoms with Gasteiger partial charge in [0.1, 0.15) is 12.4 Å². The molecule has 0 atom stereocenters. The minimum absolute atomic E-state index is 0.0345. The highest BCUT2D eigenvalue weighted by Crippen LogP contribution is 2.02. The topological polar surface area (TPSA) is 47.6 Å². The number of hydrogen-bond donors (Lipinski definition) is 1. The molecule has 0 aromatic heterocycles. The van der Waals surface area contributed by atoms with E-state index in [4.69, 9.17) is 9.47 Å². The number of rotatable bonds is 8. The lowest BCUT2D eigenvalue weighted by Gasteiger charge is -2.06. The molecule has 0 radical (unpaired) electrons. The van der Waals surface area contributed by atoms with Gasteiger partial charge in [0.2, 0.25) is 5.91 Å². The normalized spacial score (nSPS) is 10.3. The molecule has 100 valence electrons. The summed E-state index contributed by atoms with van der Waals surface area (Å²) < 4.78 is 22.5. The van der Waals surface area contributed by atoms with Crippen LogP contribution < -0.4 is 5.32 Å². The predicted octanol–water partition coefficient (Wildman–Crippen LogP) is 1.15. The summed E-state index contributed by atoms with van der Waals surface area (Å²) in [5.41, 5.74) is 0.983. The number of ether oxygens (including phenoxy) is 2. The summed E-state index contributed by atoms with van der Waals surface area (Å²) in [7, 11) is 1.58. The minimum atomic E-state index is -0.255. The second kappa shape index (κ2) is 8.60. The van der Waals surface area contributed by atoms with E-state index in [0.717, 1.165) is 5.56 Å². The SMILES string of the molecule is COCCOCC(=O)NCCc1ccc(F)cc1. The van der Waals surface area contributed by atoms with Gasteiger partial charge in [0.15, 0.2) is 0 Å². The highest BCUT2D eigenvalue weighted by Gasteiger charge is 2.01. The third-order valence-corrected chi connectivity index (χ3v) is 2.31. The Bertz CT molecular complexity index is 354. The molecule has 0 bridgehead atoms. The molecule has 5 heteroatoms. The molecule has 0 aliphatic rings. The van der Waals surface area contributed by atoms with E-state index in [1.165, 1.54) is 12.1 Å². The van der Waals surface area contributed by atoms with Crippen molar-refractivity contribution in [3.8, 4) is 0 Å². The maximum Gasteiger partial charge on any atom is 0.246 e. The molecule has 0 fully saturated rings. The van der Waals surface area contributed by atoms with Crippen molar-refractivity contribution in [3.63, 3.8) is 0 Å². The maximum atomic E-state index is 12.6. The summed E-state index contributed by atoms with van der Waals surface area (Å²) in [6.45, 7) is 1.43. The van der Waals surface area contributed by atoms with Crippen molar-refractivity contribution < 1.29 is 18.7 Å². The minimum Gasteiger partial charge on any atom is -0.382 e. The fraction of sp³-hybridized carbons (Fsp3) is 0.462. The van der Waals surface area contributed by atoms with E-state index in [-0.39, 0.29) is 18.3 Å². The first kappa shape index (κ1) is 14.6. The number of carbonyl (C=O) groups is 1. The van der Waals surface area contributed by atoms with Crippen molar-refractivity contribution in [1.29, 1.82) is 0 Å². The third-order valence-electron chi connectivity index (χ3n) is 2.31. The second-order valence-electron chi connectivity index (χ2n) is 3.77. The van der Waals surface area contributed by atoms with Crippen molar-refractivity contribution in [2.75, 3.05) is 33.5 Å². The monoisotopic (exact) mass is 255 g/mol. The average Bonchev–Trinajstić information content (AvgIpc) is 2.37. The summed E-state index contributed by atoms with van der Waals surface area (Å²) in [6.07, 6.45) is 0.671. The zero-order chi connectivity index (χ0) is 13.2. The van der Waals surface area contributed by atoms with E-state index in [1.54, 1.807) is 19.2 Å². The lowest BCUT2D eigenvalue weighted by Crippen LogP contribution is -2.29. The number of amides is 1. The van der Waals surface area contributed by atoms with Crippen LogP contribution in [-0.2, 0) is 20.7 Å². The van der Waals surface area contributed by atoms with Crippen LogP contribution in [0.1, 0.15) is 5.56 Å². The Labute approximate surface area is 106 Å². The Hall–Kier alpha value is -1.46. The molecule has 1 aromatic carbocycles. The van der Waals surface area contributed by atoms with Crippen LogP contribution in [0.4, 0.5) is 4.39 Å². The van der Waals surface area contributed by atoms with Crippen molar-refractivity contribution in [3.05, 3.63) is 35.6 Å². The van der Waals surface area contributed by atoms with E-state index >= 15 is 0 Å². The van der Waals surface area contributed by atoms with Crippen LogP contribution in [0.2, 0.25) is 0 Å². The van der Waals surface area contributed by atoms with E-state index in [2.05, 4.69) is 5.32 Å². The fourth-order valence-corrected chi connectivity index (χ4v) is 1.36. The summed E-state index contributed by atoms with van der Waals surface area (Å²) in [5, 5.41) is 2.72. The van der Waals surface area contributed by atoms with Crippen molar-refractivity contribution >= 4 is 5.91 Å². The number of carbonyl (C=O) groups excluding carboxylic acids is 1. The van der Waals surface area contributed by atoms with Gasteiger partial charge >= 0.3 is 0 Å². The molecular formula is C13H18FNO3. The standard InChI is InChI=1S/C13H18FNO3/c1-17-8-9-18-10-13(16)15-7-6-11-2-4-12(14)5-3-11/h2-5H,6-10H2,1H3,(H,15,16). The number of nitrogens with one attached hydrogen (secondary N) is 1. The first-order valence-electron chi connectivity index (χ1n) is 5.80. The Morgan fingerprint density at radius 3 is 2.67 bits per heavy atom. The van der Waals surface area contributed by atoms with Crippen LogP contribution in [-0.4, -0.2) is 39.4 Å². The molecule has 0 aliphatic carbocycles. The molecule has 0 aliphatic heterocycles. The molecule has 0 heterocycles. The summed E-state index contributed by atoms with van der Waals surface area (Å²) in [4.78, 5) is 11.3. The maximum absolute atomic E-state index is 12.6. The van der Waals surface area contributed by atoms with Gasteiger partial charge in [-0.05, 0) is 24.1 Å². The average molecular weight is 255 g/mol. The third kappa shape index (κ3) is 6.32. The van der Waals surface area contributed by atoms with E-state index in [9.17, 15) is 9.18 Å². The van der Waals surface area contributed by atoms with Crippen LogP contribution in [0, 0.1) is 5.82 Å². The van der Waals surface area contributed by atoms with Crippen LogP contribution >= 0.6 is 0 Å². The Balaban J connectivity index is 2.10. The Kier molecular flexibility index (Phi) is 6.98. The number of benzene rings is 1. The molecule has 0 unspecified atom stereocenters. The van der Waals surface area contributed by atoms with Gasteiger partial charge in [-0.15, -0.1) is 0 Å². The molecule has 0 saturated heterocycles. The quantitative estimate of drug-likeness (QED) is 0.709. The molecular weight excluding hydrogens is 237 g/mol. The van der Waals surface area contributed by atoms with Gasteiger partial charge in [-0.3, -0.25) is 4.79 Å². The van der Waals surface area contributed by atoms with Crippen LogP contribution in [0.3, 0.4) is 0 Å². The fourth-order valence-electron chi connectivity index (χ4n) is 1.36. The second-order valence-corrected chi connectivity index (χ2v) is 3.77.